The average Bonchev–Trinajstić information content (AvgIpc) is 3.47. The minimum atomic E-state index is 0.518. The Morgan fingerprint density at radius 2 is 1.20 bits per heavy atom. The Hall–Kier alpha value is -6.07. The van der Waals surface area contributed by atoms with E-state index in [1.165, 1.54) is 0 Å². The van der Waals surface area contributed by atoms with Gasteiger partial charge in [-0.1, -0.05) is 110 Å². The quantitative estimate of drug-likeness (QED) is 0.212. The van der Waals surface area contributed by atoms with Crippen molar-refractivity contribution < 1.29 is 9.15 Å². The summed E-state index contributed by atoms with van der Waals surface area (Å²) in [5.41, 5.74) is 7.87. The summed E-state index contributed by atoms with van der Waals surface area (Å²) in [5, 5.41) is 1.98. The first-order chi connectivity index (χ1) is 21.7. The van der Waals surface area contributed by atoms with Crippen LogP contribution in [0.1, 0.15) is 11.4 Å². The van der Waals surface area contributed by atoms with E-state index < -0.39 is 0 Å². The Morgan fingerprint density at radius 3 is 2.05 bits per heavy atom. The fraction of sp³-hybridized carbons (Fsp3) is 0. The second-order valence-corrected chi connectivity index (χ2v) is 10.5. The molecule has 5 aromatic carbocycles. The third-order valence-electron chi connectivity index (χ3n) is 7.83. The van der Waals surface area contributed by atoms with Gasteiger partial charge in [0.15, 0.2) is 17.5 Å². The highest BCUT2D eigenvalue weighted by molar-refractivity contribution is 6.12. The molecule has 1 aliphatic rings. The van der Waals surface area contributed by atoms with Gasteiger partial charge in [0.1, 0.15) is 16.9 Å². The largest absolute Gasteiger partial charge is 0.464 e. The van der Waals surface area contributed by atoms with Gasteiger partial charge < -0.3 is 9.15 Å². The number of benzene rings is 5. The molecule has 0 bridgehead atoms. The van der Waals surface area contributed by atoms with Crippen molar-refractivity contribution in [2.24, 2.45) is 0 Å². The molecule has 8 rings (SSSR count). The zero-order chi connectivity index (χ0) is 29.5. The predicted molar refractivity (Wildman–Crippen MR) is 177 cm³/mol. The molecule has 1 aliphatic heterocycles. The van der Waals surface area contributed by atoms with Gasteiger partial charge in [-0.3, -0.25) is 0 Å². The molecule has 0 atom stereocenters. The van der Waals surface area contributed by atoms with Crippen LogP contribution in [0.5, 0.6) is 5.75 Å². The Morgan fingerprint density at radius 1 is 0.545 bits per heavy atom. The highest BCUT2D eigenvalue weighted by Gasteiger charge is 2.23. The van der Waals surface area contributed by atoms with E-state index in [0.717, 1.165) is 60.9 Å². The van der Waals surface area contributed by atoms with Crippen LogP contribution >= 0.6 is 0 Å². The first-order valence-electron chi connectivity index (χ1n) is 14.4. The van der Waals surface area contributed by atoms with E-state index in [1.807, 2.05) is 109 Å². The number of fused-ring (bicyclic) bond motifs is 4. The molecule has 5 nitrogen and oxygen atoms in total. The molecule has 44 heavy (non-hydrogen) atoms. The van der Waals surface area contributed by atoms with E-state index in [4.69, 9.17) is 24.1 Å². The van der Waals surface area contributed by atoms with Gasteiger partial charge in [0, 0.05) is 33.0 Å². The highest BCUT2D eigenvalue weighted by atomic mass is 16.5. The van der Waals surface area contributed by atoms with Gasteiger partial charge in [-0.05, 0) is 47.1 Å². The number of para-hydroxylation sites is 1. The van der Waals surface area contributed by atoms with Crippen LogP contribution in [0.3, 0.4) is 0 Å². The molecule has 0 spiro atoms. The molecule has 0 saturated carbocycles. The minimum Gasteiger partial charge on any atom is -0.464 e. The average molecular weight is 568 g/mol. The molecule has 208 valence electrons. The number of ether oxygens (including phenoxy) is 1. The topological polar surface area (TPSA) is 61.0 Å². The lowest BCUT2D eigenvalue weighted by Crippen LogP contribution is -2.06. The summed E-state index contributed by atoms with van der Waals surface area (Å²) in [6.07, 6.45) is 5.49. The van der Waals surface area contributed by atoms with E-state index >= 15 is 0 Å². The SMILES string of the molecule is C=C1/C(c2nc(-c3ccccc3)nc(-c3cccc4oc5ccccc5c34)n2)=C\C=C/Oc2cccc(-c3ccccc3)c21. The van der Waals surface area contributed by atoms with Gasteiger partial charge in [-0.2, -0.15) is 0 Å². The Kier molecular flexibility index (Phi) is 6.20. The van der Waals surface area contributed by atoms with E-state index in [0.29, 0.717) is 23.2 Å². The van der Waals surface area contributed by atoms with Crippen molar-refractivity contribution >= 4 is 33.1 Å². The van der Waals surface area contributed by atoms with Gasteiger partial charge in [0.2, 0.25) is 0 Å². The molecule has 0 aliphatic carbocycles. The predicted octanol–water partition coefficient (Wildman–Crippen LogP) is 9.77. The van der Waals surface area contributed by atoms with Crippen molar-refractivity contribution in [1.82, 2.24) is 15.0 Å². The first-order valence-corrected chi connectivity index (χ1v) is 14.4. The molecular weight excluding hydrogens is 542 g/mol. The van der Waals surface area contributed by atoms with E-state index in [1.54, 1.807) is 6.26 Å². The number of hydrogen-bond donors (Lipinski definition) is 0. The summed E-state index contributed by atoms with van der Waals surface area (Å²) in [5.74, 6) is 2.36. The maximum Gasteiger partial charge on any atom is 0.164 e. The molecule has 3 heterocycles. The van der Waals surface area contributed by atoms with Crippen LogP contribution in [0, 0.1) is 0 Å². The lowest BCUT2D eigenvalue weighted by atomic mass is 9.89. The zero-order valence-electron chi connectivity index (χ0n) is 23.6. The molecule has 0 unspecified atom stereocenters. The molecule has 7 aromatic rings. The molecule has 0 fully saturated rings. The summed E-state index contributed by atoms with van der Waals surface area (Å²) >= 11 is 0. The van der Waals surface area contributed by atoms with Crippen LogP contribution in [-0.4, -0.2) is 15.0 Å². The molecule has 2 aromatic heterocycles. The van der Waals surface area contributed by atoms with Crippen LogP contribution in [-0.2, 0) is 0 Å². The summed E-state index contributed by atoms with van der Waals surface area (Å²) < 4.78 is 12.3. The van der Waals surface area contributed by atoms with Crippen molar-refractivity contribution in [3.05, 3.63) is 158 Å². The normalized spacial score (nSPS) is 14.7. The van der Waals surface area contributed by atoms with Crippen LogP contribution in [0.2, 0.25) is 0 Å². The monoisotopic (exact) mass is 567 g/mol. The van der Waals surface area contributed by atoms with Crippen LogP contribution in [0.15, 0.2) is 151 Å². The first kappa shape index (κ1) is 25.6. The van der Waals surface area contributed by atoms with Crippen molar-refractivity contribution in [2.45, 2.75) is 0 Å². The fourth-order valence-corrected chi connectivity index (χ4v) is 5.79. The smallest absolute Gasteiger partial charge is 0.164 e. The summed E-state index contributed by atoms with van der Waals surface area (Å²) in [7, 11) is 0. The summed E-state index contributed by atoms with van der Waals surface area (Å²) in [6, 6.07) is 40.3. The van der Waals surface area contributed by atoms with E-state index in [2.05, 4.69) is 30.8 Å². The number of hydrogen-bond acceptors (Lipinski definition) is 5. The lowest BCUT2D eigenvalue weighted by Gasteiger charge is -2.20. The van der Waals surface area contributed by atoms with E-state index in [9.17, 15) is 0 Å². The third-order valence-corrected chi connectivity index (χ3v) is 7.83. The molecule has 0 radical (unpaired) electrons. The highest BCUT2D eigenvalue weighted by Crippen LogP contribution is 2.42. The molecule has 0 N–H and O–H groups in total. The van der Waals surface area contributed by atoms with Crippen molar-refractivity contribution in [2.75, 3.05) is 0 Å². The van der Waals surface area contributed by atoms with Crippen molar-refractivity contribution in [3.8, 4) is 39.7 Å². The summed E-state index contributed by atoms with van der Waals surface area (Å²) in [4.78, 5) is 15.2. The van der Waals surface area contributed by atoms with Crippen molar-refractivity contribution in [1.29, 1.82) is 0 Å². The number of furan rings is 1. The number of nitrogens with zero attached hydrogens (tertiary/aromatic N) is 3. The van der Waals surface area contributed by atoms with Gasteiger partial charge in [-0.15, -0.1) is 0 Å². The second-order valence-electron chi connectivity index (χ2n) is 10.5. The number of aromatic nitrogens is 3. The van der Waals surface area contributed by atoms with Gasteiger partial charge in [0.25, 0.3) is 0 Å². The zero-order valence-corrected chi connectivity index (χ0v) is 23.6. The van der Waals surface area contributed by atoms with Crippen LogP contribution < -0.4 is 4.74 Å². The maximum atomic E-state index is 6.20. The van der Waals surface area contributed by atoms with Gasteiger partial charge >= 0.3 is 0 Å². The Labute approximate surface area is 254 Å². The fourth-order valence-electron chi connectivity index (χ4n) is 5.79. The Balaban J connectivity index is 1.37. The number of rotatable bonds is 4. The van der Waals surface area contributed by atoms with Crippen LogP contribution in [0.25, 0.3) is 67.0 Å². The minimum absolute atomic E-state index is 0.518. The van der Waals surface area contributed by atoms with Gasteiger partial charge in [0.05, 0.1) is 6.26 Å². The molecular formula is C39H25N3O2. The van der Waals surface area contributed by atoms with Crippen LogP contribution in [0.4, 0.5) is 0 Å². The Bertz CT molecular complexity index is 2260. The van der Waals surface area contributed by atoms with Gasteiger partial charge in [-0.25, -0.2) is 15.0 Å². The maximum absolute atomic E-state index is 6.20. The molecule has 5 heteroatoms. The third kappa shape index (κ3) is 4.39. The lowest BCUT2D eigenvalue weighted by molar-refractivity contribution is 0.480. The molecule has 0 amide bonds. The number of allylic oxidation sites excluding steroid dienone is 4. The second kappa shape index (κ2) is 10.6. The molecule has 0 saturated heterocycles. The standard InChI is InChI=1S/C39H25N3O2/c1-25-28(20-12-24-43-33-22-10-18-29(35(25)33)26-13-4-2-5-14-26)38-40-37(27-15-6-3-7-16-27)41-39(42-38)31-19-11-23-34-36(31)30-17-8-9-21-32(30)44-34/h2-24H,1H2/b24-12-,28-20+. The van der Waals surface area contributed by atoms with Crippen molar-refractivity contribution in [3.63, 3.8) is 0 Å². The van der Waals surface area contributed by atoms with E-state index in [-0.39, 0.29) is 0 Å². The summed E-state index contributed by atoms with van der Waals surface area (Å²) in [6.45, 7) is 4.59.